The van der Waals surface area contributed by atoms with E-state index >= 15 is 4.79 Å². The fourth-order valence-corrected chi connectivity index (χ4v) is 14.8. The van der Waals surface area contributed by atoms with Gasteiger partial charge in [-0.25, -0.2) is 9.59 Å². The van der Waals surface area contributed by atoms with Gasteiger partial charge in [-0.1, -0.05) is 26.5 Å². The Hall–Kier alpha value is -14.5. The Bertz CT molecular complexity index is 5470. The summed E-state index contributed by atoms with van der Waals surface area (Å²) in [5.41, 5.74) is -8.31. The predicted molar refractivity (Wildman–Crippen MR) is 374 cm³/mol. The normalized spacial score (nSPS) is 21.4. The fraction of sp³-hybridized carbons (Fsp3) is 0.195. The number of phenolic OH excluding ortho intramolecular Hbond substituents is 24. The zero-order chi connectivity index (χ0) is 79.3. The Balaban J connectivity index is 0.0000108. The molecule has 0 bridgehead atoms. The Morgan fingerprint density at radius 1 is 0.288 bits per heavy atom. The highest BCUT2D eigenvalue weighted by Crippen LogP contribution is 2.67. The van der Waals surface area contributed by atoms with Crippen LogP contribution in [0.15, 0.2) is 109 Å². The SMILES string of the molecule is C.Cc1c(O)cc(O)c2c1OC(c1cc(O)c(O)c(O)c1)C(OC(=O)c1cc(O)c(O)c(O)c1)C2c1c(O)cc(O)c2c1OC(c1cc(O)c(O)c(O)c1)C(O)C2c1c(O)cc(O)c2c1OC(c1ccc(O)c(O)c1)C(OC(=O)c1cc(O)c(O)c(O)c1)C2c1c(O)cc(O)c2c1OC(c1ccc(O)c(O)c1)C(O)C2C. The first-order valence-corrected chi connectivity index (χ1v) is 32.8. The van der Waals surface area contributed by atoms with Gasteiger partial charge < -0.3 is 161 Å². The number of aliphatic hydroxyl groups excluding tert-OH is 2. The van der Waals surface area contributed by atoms with E-state index in [1.807, 2.05) is 0 Å². The number of carbonyl (C=O) groups excluding carboxylic acids is 2. The number of ether oxygens (including phenoxy) is 6. The number of benzene rings is 10. The van der Waals surface area contributed by atoms with Crippen LogP contribution in [-0.2, 0) is 9.47 Å². The molecule has 0 aliphatic carbocycles. The molecule has 34 nitrogen and oxygen atoms in total. The van der Waals surface area contributed by atoms with Gasteiger partial charge in [0, 0.05) is 91.4 Å². The Morgan fingerprint density at radius 3 is 0.937 bits per heavy atom. The van der Waals surface area contributed by atoms with Gasteiger partial charge in [0.25, 0.3) is 0 Å². The second kappa shape index (κ2) is 27.0. The lowest BCUT2D eigenvalue weighted by Gasteiger charge is -2.45. The van der Waals surface area contributed by atoms with Gasteiger partial charge in [0.1, 0.15) is 81.2 Å². The molecule has 0 fully saturated rings. The van der Waals surface area contributed by atoms with Crippen LogP contribution in [0.4, 0.5) is 0 Å². The number of fused-ring (bicyclic) bond motifs is 4. The Morgan fingerprint density at radius 2 is 0.559 bits per heavy atom. The minimum absolute atomic E-state index is 0. The maximum absolute atomic E-state index is 15.1. The van der Waals surface area contributed by atoms with E-state index in [1.165, 1.54) is 19.9 Å². The number of aliphatic hydroxyl groups is 2. The summed E-state index contributed by atoms with van der Waals surface area (Å²) in [5.74, 6) is -39.2. The van der Waals surface area contributed by atoms with Crippen molar-refractivity contribution >= 4 is 11.9 Å². The van der Waals surface area contributed by atoms with Crippen LogP contribution >= 0.6 is 0 Å². The van der Waals surface area contributed by atoms with E-state index in [9.17, 15) is 138 Å². The lowest BCUT2D eigenvalue weighted by atomic mass is 9.71. The lowest BCUT2D eigenvalue weighted by Crippen LogP contribution is -2.42. The van der Waals surface area contributed by atoms with Crippen LogP contribution in [0, 0.1) is 6.92 Å². The van der Waals surface area contributed by atoms with Crippen molar-refractivity contribution in [2.24, 2.45) is 0 Å². The zero-order valence-corrected chi connectivity index (χ0v) is 56.2. The first-order valence-electron chi connectivity index (χ1n) is 32.8. The van der Waals surface area contributed by atoms with E-state index in [4.69, 9.17) is 28.4 Å². The van der Waals surface area contributed by atoms with E-state index in [0.29, 0.717) is 36.4 Å². The number of hydrogen-bond acceptors (Lipinski definition) is 34. The lowest BCUT2D eigenvalue weighted by molar-refractivity contribution is -0.0315. The molecule has 0 spiro atoms. The van der Waals surface area contributed by atoms with Gasteiger partial charge >= 0.3 is 11.9 Å². The molecule has 10 aromatic carbocycles. The van der Waals surface area contributed by atoms with Crippen LogP contribution in [0.25, 0.3) is 0 Å². The molecule has 0 saturated heterocycles. The van der Waals surface area contributed by atoms with Gasteiger partial charge in [-0.2, -0.15) is 0 Å². The maximum Gasteiger partial charge on any atom is 0.338 e. The fourth-order valence-electron chi connectivity index (χ4n) is 14.8. The Labute approximate surface area is 622 Å². The minimum Gasteiger partial charge on any atom is -0.507 e. The van der Waals surface area contributed by atoms with Crippen molar-refractivity contribution < 1.29 is 171 Å². The predicted octanol–water partition coefficient (Wildman–Crippen LogP) is 8.77. The first-order chi connectivity index (χ1) is 52.0. The van der Waals surface area contributed by atoms with Crippen LogP contribution in [-0.4, -0.2) is 169 Å². The minimum atomic E-state index is -2.55. The second-order valence-corrected chi connectivity index (χ2v) is 26.6. The second-order valence-electron chi connectivity index (χ2n) is 26.6. The van der Waals surface area contributed by atoms with Gasteiger partial charge in [-0.15, -0.1) is 0 Å². The topological polar surface area (TPSA) is 616 Å². The molecule has 12 unspecified atom stereocenters. The summed E-state index contributed by atoms with van der Waals surface area (Å²) in [5, 5.41) is 299. The van der Waals surface area contributed by atoms with Crippen molar-refractivity contribution in [3.63, 3.8) is 0 Å². The smallest absolute Gasteiger partial charge is 0.338 e. The highest BCUT2D eigenvalue weighted by atomic mass is 16.6. The van der Waals surface area contributed by atoms with Crippen molar-refractivity contribution in [2.45, 2.75) is 93.8 Å². The molecule has 111 heavy (non-hydrogen) atoms. The van der Waals surface area contributed by atoms with Crippen LogP contribution in [0.5, 0.6) is 161 Å². The molecule has 14 rings (SSSR count). The molecule has 12 atom stereocenters. The molecule has 578 valence electrons. The third-order valence-corrected chi connectivity index (χ3v) is 20.1. The van der Waals surface area contributed by atoms with Gasteiger partial charge in [-0.05, 0) is 85.3 Å². The first kappa shape index (κ1) is 74.7. The number of rotatable bonds is 11. The summed E-state index contributed by atoms with van der Waals surface area (Å²) in [6.07, 6.45) is -17.2. The van der Waals surface area contributed by atoms with E-state index in [1.54, 1.807) is 0 Å². The molecule has 0 radical (unpaired) electrons. The van der Waals surface area contributed by atoms with Gasteiger partial charge in [0.2, 0.25) is 0 Å². The van der Waals surface area contributed by atoms with Crippen LogP contribution < -0.4 is 18.9 Å². The number of carbonyl (C=O) groups is 2. The third-order valence-electron chi connectivity index (χ3n) is 20.1. The molecular formula is C77H66O34. The van der Waals surface area contributed by atoms with Crippen molar-refractivity contribution in [1.29, 1.82) is 0 Å². The standard InChI is InChI=1S/C76H62O34.CH4/c1-21-31(79)17-35(83)52-57(74(110-76(104)28-15-47(95)63(101)48(96)16-28)69(105-65(21)52)26-11-43(91)61(99)44(92)12-26)54-39(87)19-36(84)50-56(64(102)67(107-71(50)54)25-9-41(89)60(98)42(90)10-25)51-37(85)20-40(88)55-58(53-38(86)18-34(82)49-22(2)59(97)66(106-70(49)53)23-3-5-29(77)32(80)7-23)73(109-75(103)27-13-45(93)62(100)46(94)14-27)68(108-72(51)55)24-4-6-30(78)33(81)8-24;/h3-20,22,56-59,64,66-69,73-74,77-102H,1-2H3;1H4. The Kier molecular flexibility index (Phi) is 18.2. The van der Waals surface area contributed by atoms with Gasteiger partial charge in [0.15, 0.2) is 129 Å². The summed E-state index contributed by atoms with van der Waals surface area (Å²) in [7, 11) is 0. The quantitative estimate of drug-likeness (QED) is 0.0425. The van der Waals surface area contributed by atoms with Crippen molar-refractivity contribution in [3.8, 4) is 161 Å². The average Bonchev–Trinajstić information content (AvgIpc) is 0.703. The molecule has 0 aromatic heterocycles. The summed E-state index contributed by atoms with van der Waals surface area (Å²) < 4.78 is 39.3. The average molecular weight is 1540 g/mol. The van der Waals surface area contributed by atoms with Crippen molar-refractivity contribution in [3.05, 3.63) is 187 Å². The van der Waals surface area contributed by atoms with E-state index in [-0.39, 0.29) is 29.7 Å². The number of phenols is 24. The number of aromatic hydroxyl groups is 24. The highest BCUT2D eigenvalue weighted by Gasteiger charge is 2.56. The molecule has 0 saturated carbocycles. The number of esters is 2. The van der Waals surface area contributed by atoms with Crippen LogP contribution in [0.2, 0.25) is 0 Å². The van der Waals surface area contributed by atoms with Crippen molar-refractivity contribution in [1.82, 2.24) is 0 Å². The van der Waals surface area contributed by atoms with E-state index in [0.717, 1.165) is 66.7 Å². The summed E-state index contributed by atoms with van der Waals surface area (Å²) in [6, 6.07) is 14.1. The van der Waals surface area contributed by atoms with E-state index < -0.39 is 301 Å². The zero-order valence-electron chi connectivity index (χ0n) is 56.2. The summed E-state index contributed by atoms with van der Waals surface area (Å²) in [4.78, 5) is 29.9. The van der Waals surface area contributed by atoms with Gasteiger partial charge in [0.05, 0.1) is 28.9 Å². The molecule has 4 aliphatic rings. The van der Waals surface area contributed by atoms with Crippen LogP contribution in [0.1, 0.15) is 150 Å². The van der Waals surface area contributed by atoms with E-state index in [2.05, 4.69) is 0 Å². The van der Waals surface area contributed by atoms with Crippen molar-refractivity contribution in [2.75, 3.05) is 0 Å². The molecule has 4 heterocycles. The molecule has 0 amide bonds. The highest BCUT2D eigenvalue weighted by molar-refractivity contribution is 5.92. The summed E-state index contributed by atoms with van der Waals surface area (Å²) in [6.45, 7) is 2.60. The molecular weight excluding hydrogens is 1470 g/mol. The maximum atomic E-state index is 15.1. The summed E-state index contributed by atoms with van der Waals surface area (Å²) >= 11 is 0. The molecule has 4 aliphatic heterocycles. The largest absolute Gasteiger partial charge is 0.507 e. The molecule has 26 N–H and O–H groups in total. The van der Waals surface area contributed by atoms with Gasteiger partial charge in [-0.3, -0.25) is 0 Å². The molecule has 34 heteroatoms. The molecule has 10 aromatic rings. The third kappa shape index (κ3) is 12.0. The van der Waals surface area contributed by atoms with Crippen LogP contribution in [0.3, 0.4) is 0 Å². The number of hydrogen-bond donors (Lipinski definition) is 26. The monoisotopic (exact) mass is 1530 g/mol.